The van der Waals surface area contributed by atoms with E-state index in [0.717, 1.165) is 83.5 Å². The third kappa shape index (κ3) is 49.0. The number of nitrogens with one attached hydrogen (secondary N) is 1. The molecule has 0 aromatic rings. The van der Waals surface area contributed by atoms with Crippen LogP contribution in [0.3, 0.4) is 0 Å². The highest BCUT2D eigenvalue weighted by Crippen LogP contribution is 2.43. The number of quaternary nitrogens is 1. The van der Waals surface area contributed by atoms with E-state index in [0.29, 0.717) is 17.4 Å². The summed E-state index contributed by atoms with van der Waals surface area (Å²) in [5, 5.41) is 3.04. The van der Waals surface area contributed by atoms with E-state index in [1.54, 1.807) is 0 Å². The largest absolute Gasteiger partial charge is 0.472 e. The number of nitrogens with zero attached hydrogens (tertiary/aromatic N) is 1. The minimum atomic E-state index is -4.44. The van der Waals surface area contributed by atoms with E-state index in [9.17, 15) is 19.0 Å². The average Bonchev–Trinajstić information content (AvgIpc) is 3.28. The topological polar surface area (TPSA) is 111 Å². The second-order valence-electron chi connectivity index (χ2n) is 20.5. The summed E-state index contributed by atoms with van der Waals surface area (Å²) in [6, 6.07) is -0.850. The van der Waals surface area contributed by atoms with Gasteiger partial charge in [0.25, 0.3) is 0 Å². The number of carbonyl (C=O) groups excluding carboxylic acids is 2. The molecule has 0 fully saturated rings. The molecule has 0 aliphatic carbocycles. The Morgan fingerprint density at radius 1 is 0.507 bits per heavy atom. The number of esters is 1. The fourth-order valence-electron chi connectivity index (χ4n) is 8.09. The van der Waals surface area contributed by atoms with E-state index in [1.165, 1.54) is 148 Å². The van der Waals surface area contributed by atoms with Crippen LogP contribution in [0.5, 0.6) is 0 Å². The predicted octanol–water partition coefficient (Wildman–Crippen LogP) is 16.8. The second kappa shape index (κ2) is 47.9. The van der Waals surface area contributed by atoms with Crippen LogP contribution in [-0.2, 0) is 27.9 Å². The molecule has 0 bridgehead atoms. The minimum absolute atomic E-state index is 0.0391. The lowest BCUT2D eigenvalue weighted by Crippen LogP contribution is -2.47. The maximum Gasteiger partial charge on any atom is 0.472 e. The molecule has 0 aromatic carbocycles. The quantitative estimate of drug-likeness (QED) is 0.0205. The highest BCUT2D eigenvalue weighted by molar-refractivity contribution is 7.47. The van der Waals surface area contributed by atoms with Crippen molar-refractivity contribution in [2.45, 2.75) is 277 Å². The lowest BCUT2D eigenvalue weighted by atomic mass is 10.0. The summed E-state index contributed by atoms with van der Waals surface area (Å²) in [4.78, 5) is 37.5. The molecule has 3 unspecified atom stereocenters. The van der Waals surface area contributed by atoms with Gasteiger partial charge in [-0.1, -0.05) is 212 Å². The van der Waals surface area contributed by atoms with Crippen molar-refractivity contribution in [3.63, 3.8) is 0 Å². The lowest BCUT2D eigenvalue weighted by molar-refractivity contribution is -0.870. The van der Waals surface area contributed by atoms with Crippen molar-refractivity contribution in [2.75, 3.05) is 40.9 Å². The summed E-state index contributed by atoms with van der Waals surface area (Å²) in [6.07, 6.45) is 55.6. The van der Waals surface area contributed by atoms with E-state index in [-0.39, 0.29) is 31.5 Å². The maximum atomic E-state index is 13.4. The molecular formula is C57H110N2O7P+. The minimum Gasteiger partial charge on any atom is -0.456 e. The number of carbonyl (C=O) groups is 2. The maximum absolute atomic E-state index is 13.4. The van der Waals surface area contributed by atoms with Crippen LogP contribution >= 0.6 is 7.82 Å². The van der Waals surface area contributed by atoms with Crippen molar-refractivity contribution in [3.05, 3.63) is 36.5 Å². The van der Waals surface area contributed by atoms with Gasteiger partial charge >= 0.3 is 13.8 Å². The van der Waals surface area contributed by atoms with E-state index in [2.05, 4.69) is 50.4 Å². The van der Waals surface area contributed by atoms with Crippen molar-refractivity contribution >= 4 is 19.7 Å². The van der Waals surface area contributed by atoms with Gasteiger partial charge in [-0.3, -0.25) is 18.6 Å². The molecule has 0 aliphatic heterocycles. The molecule has 0 heterocycles. The van der Waals surface area contributed by atoms with Crippen molar-refractivity contribution < 1.29 is 37.3 Å². The Morgan fingerprint density at radius 3 is 1.31 bits per heavy atom. The molecule has 0 aromatic heterocycles. The van der Waals surface area contributed by atoms with Crippen molar-refractivity contribution in [3.8, 4) is 0 Å². The molecule has 0 aliphatic rings. The Morgan fingerprint density at radius 2 is 0.881 bits per heavy atom. The van der Waals surface area contributed by atoms with E-state index >= 15 is 0 Å². The van der Waals surface area contributed by atoms with Crippen LogP contribution in [0.4, 0.5) is 0 Å². The van der Waals surface area contributed by atoms with Crippen LogP contribution in [0.1, 0.15) is 265 Å². The van der Waals surface area contributed by atoms with Crippen LogP contribution < -0.4 is 5.32 Å². The highest BCUT2D eigenvalue weighted by Gasteiger charge is 2.30. The number of phosphoric acid groups is 1. The third-order valence-corrected chi connectivity index (χ3v) is 13.5. The van der Waals surface area contributed by atoms with Gasteiger partial charge in [-0.2, -0.15) is 0 Å². The molecule has 9 nitrogen and oxygen atoms in total. The van der Waals surface area contributed by atoms with Gasteiger partial charge in [0.15, 0.2) is 0 Å². The molecule has 67 heavy (non-hydrogen) atoms. The van der Waals surface area contributed by atoms with Crippen LogP contribution in [0.15, 0.2) is 36.5 Å². The summed E-state index contributed by atoms with van der Waals surface area (Å²) < 4.78 is 30.6. The lowest BCUT2D eigenvalue weighted by Gasteiger charge is -2.27. The standard InChI is InChI=1S/C57H109N2O7P/c1-7-10-13-16-19-22-25-27-28-29-30-32-35-38-41-44-47-50-57(61)66-55(48-45-42-39-36-34-31-26-23-20-17-14-11-8-2)54(53-65-67(62,63)64-52-51-59(4,5)6)58-56(60)49-46-43-40-37-33-24-21-18-15-12-9-3/h18,21,27-28,45,48,54-55H,7-17,19-20,22-26,29-44,46-47,49-53H2,1-6H3,(H-,58,60,62,63)/p+1/b21-18-,28-27+,48-45-. The SMILES string of the molecule is CCCC/C=C\CCCCCCCC(=O)NC(COP(=O)(O)OCC[N+](C)(C)C)C(/C=C\CCCCCCCCCCCCC)OC(=O)CCCCCCCCC/C=C/CCCCCCCC. The molecule has 0 saturated heterocycles. The molecule has 2 N–H and O–H groups in total. The smallest absolute Gasteiger partial charge is 0.456 e. The zero-order chi connectivity index (χ0) is 49.4. The Labute approximate surface area is 415 Å². The number of unbranched alkanes of at least 4 members (excludes halogenated alkanes) is 31. The van der Waals surface area contributed by atoms with Crippen molar-refractivity contribution in [1.29, 1.82) is 0 Å². The second-order valence-corrected chi connectivity index (χ2v) is 21.9. The van der Waals surface area contributed by atoms with Gasteiger partial charge in [0.1, 0.15) is 19.3 Å². The van der Waals surface area contributed by atoms with Crippen LogP contribution in [0.2, 0.25) is 0 Å². The number of hydrogen-bond acceptors (Lipinski definition) is 6. The molecule has 0 rings (SSSR count). The van der Waals surface area contributed by atoms with Crippen molar-refractivity contribution in [2.24, 2.45) is 0 Å². The Kier molecular flexibility index (Phi) is 46.6. The molecule has 394 valence electrons. The number of likely N-dealkylation sites (N-methyl/N-ethyl adjacent to an activating group) is 1. The van der Waals surface area contributed by atoms with E-state index in [1.807, 2.05) is 33.3 Å². The first-order valence-electron chi connectivity index (χ1n) is 28.3. The molecule has 3 atom stereocenters. The number of hydrogen-bond donors (Lipinski definition) is 2. The summed E-state index contributed by atoms with van der Waals surface area (Å²) in [6.45, 7) is 6.97. The van der Waals surface area contributed by atoms with Gasteiger partial charge in [-0.05, 0) is 76.7 Å². The van der Waals surface area contributed by atoms with Gasteiger partial charge in [0, 0.05) is 12.8 Å². The van der Waals surface area contributed by atoms with Gasteiger partial charge in [-0.25, -0.2) is 4.57 Å². The van der Waals surface area contributed by atoms with Crippen LogP contribution in [0, 0.1) is 0 Å². The summed E-state index contributed by atoms with van der Waals surface area (Å²) in [5.74, 6) is -0.516. The van der Waals surface area contributed by atoms with Gasteiger partial charge in [0.2, 0.25) is 5.91 Å². The highest BCUT2D eigenvalue weighted by atomic mass is 31.2. The number of phosphoric ester groups is 1. The Hall–Kier alpha value is -1.77. The zero-order valence-corrected chi connectivity index (χ0v) is 45.8. The van der Waals surface area contributed by atoms with Crippen molar-refractivity contribution in [1.82, 2.24) is 5.32 Å². The van der Waals surface area contributed by atoms with Gasteiger partial charge in [-0.15, -0.1) is 0 Å². The Balaban J connectivity index is 5.35. The third-order valence-electron chi connectivity index (χ3n) is 12.6. The fourth-order valence-corrected chi connectivity index (χ4v) is 8.83. The summed E-state index contributed by atoms with van der Waals surface area (Å²) >= 11 is 0. The normalized spacial score (nSPS) is 14.1. The first-order chi connectivity index (χ1) is 32.4. The molecule has 0 saturated carbocycles. The molecule has 1 amide bonds. The first-order valence-corrected chi connectivity index (χ1v) is 29.8. The predicted molar refractivity (Wildman–Crippen MR) is 286 cm³/mol. The zero-order valence-electron chi connectivity index (χ0n) is 44.9. The molecule has 0 spiro atoms. The molecule has 0 radical (unpaired) electrons. The molecular weight excluding hydrogens is 856 g/mol. The summed E-state index contributed by atoms with van der Waals surface area (Å²) in [7, 11) is 1.49. The molecule has 10 heteroatoms. The fraction of sp³-hybridized carbons (Fsp3) is 0.860. The number of allylic oxidation sites excluding steroid dienone is 5. The number of ether oxygens (including phenoxy) is 1. The average molecular weight is 966 g/mol. The van der Waals surface area contributed by atoms with Gasteiger partial charge in [0.05, 0.1) is 33.8 Å². The first kappa shape index (κ1) is 65.2. The monoisotopic (exact) mass is 966 g/mol. The van der Waals surface area contributed by atoms with E-state index < -0.39 is 20.0 Å². The number of rotatable bonds is 51. The summed E-state index contributed by atoms with van der Waals surface area (Å²) in [5.41, 5.74) is 0. The van der Waals surface area contributed by atoms with Crippen LogP contribution in [-0.4, -0.2) is 74.3 Å². The number of amides is 1. The van der Waals surface area contributed by atoms with Crippen LogP contribution in [0.25, 0.3) is 0 Å². The Bertz CT molecular complexity index is 1250. The van der Waals surface area contributed by atoms with Gasteiger partial charge < -0.3 is 19.4 Å². The van der Waals surface area contributed by atoms with E-state index in [4.69, 9.17) is 13.8 Å².